The molecule has 0 fully saturated rings. The standard InChI is InChI=1S/C19H17FN2O3/c1-2-18(23)22-17-10-15(5-6-16(17)20)21-19(24)13-4-3-12-7-8-25-11-14(12)9-13/h2-6,9-10H,1,7-8,11H2,(H,21,24)(H,22,23). The maximum atomic E-state index is 13.7. The highest BCUT2D eigenvalue weighted by Gasteiger charge is 2.14. The monoisotopic (exact) mass is 340 g/mol. The molecule has 0 bridgehead atoms. The molecule has 0 aromatic heterocycles. The number of carbonyl (C=O) groups is 2. The van der Waals surface area contributed by atoms with Crippen LogP contribution in [-0.4, -0.2) is 18.4 Å². The fourth-order valence-corrected chi connectivity index (χ4v) is 2.60. The lowest BCUT2D eigenvalue weighted by molar-refractivity contribution is -0.111. The molecule has 3 rings (SSSR count). The number of carbonyl (C=O) groups excluding carboxylic acids is 2. The minimum Gasteiger partial charge on any atom is -0.376 e. The largest absolute Gasteiger partial charge is 0.376 e. The number of halogens is 1. The molecule has 5 nitrogen and oxygen atoms in total. The van der Waals surface area contributed by atoms with Gasteiger partial charge in [0.2, 0.25) is 5.91 Å². The van der Waals surface area contributed by atoms with Gasteiger partial charge in [-0.2, -0.15) is 0 Å². The van der Waals surface area contributed by atoms with Gasteiger partial charge in [0.25, 0.3) is 5.91 Å². The average molecular weight is 340 g/mol. The molecule has 128 valence electrons. The molecule has 2 aromatic carbocycles. The fraction of sp³-hybridized carbons (Fsp3) is 0.158. The lowest BCUT2D eigenvalue weighted by Crippen LogP contribution is -2.16. The van der Waals surface area contributed by atoms with Crippen LogP contribution in [0.2, 0.25) is 0 Å². The molecular weight excluding hydrogens is 323 g/mol. The summed E-state index contributed by atoms with van der Waals surface area (Å²) < 4.78 is 19.1. The first-order valence-electron chi connectivity index (χ1n) is 7.80. The minimum absolute atomic E-state index is 0.0264. The molecule has 0 unspecified atom stereocenters. The van der Waals surface area contributed by atoms with Gasteiger partial charge in [0.15, 0.2) is 0 Å². The Bertz CT molecular complexity index is 849. The Hall–Kier alpha value is -2.99. The van der Waals surface area contributed by atoms with Crippen LogP contribution in [0.3, 0.4) is 0 Å². The number of rotatable bonds is 4. The van der Waals surface area contributed by atoms with Gasteiger partial charge in [0.1, 0.15) is 5.82 Å². The van der Waals surface area contributed by atoms with Gasteiger partial charge in [-0.3, -0.25) is 9.59 Å². The number of hydrogen-bond donors (Lipinski definition) is 2. The number of amides is 2. The summed E-state index contributed by atoms with van der Waals surface area (Å²) in [6, 6.07) is 9.44. The van der Waals surface area contributed by atoms with E-state index in [9.17, 15) is 14.0 Å². The number of ether oxygens (including phenoxy) is 1. The van der Waals surface area contributed by atoms with Gasteiger partial charge in [0.05, 0.1) is 18.9 Å². The summed E-state index contributed by atoms with van der Waals surface area (Å²) in [6.07, 6.45) is 1.88. The van der Waals surface area contributed by atoms with Crippen LogP contribution in [0.15, 0.2) is 49.1 Å². The minimum atomic E-state index is -0.598. The van der Waals surface area contributed by atoms with Crippen LogP contribution < -0.4 is 10.6 Å². The van der Waals surface area contributed by atoms with Crippen LogP contribution in [0.25, 0.3) is 0 Å². The molecule has 0 spiro atoms. The smallest absolute Gasteiger partial charge is 0.255 e. The number of fused-ring (bicyclic) bond motifs is 1. The Kier molecular flexibility index (Phi) is 4.90. The molecule has 1 heterocycles. The molecule has 2 aromatic rings. The van der Waals surface area contributed by atoms with E-state index >= 15 is 0 Å². The van der Waals surface area contributed by atoms with Crippen LogP contribution in [0.5, 0.6) is 0 Å². The lowest BCUT2D eigenvalue weighted by Gasteiger charge is -2.17. The average Bonchev–Trinajstić information content (AvgIpc) is 2.63. The Morgan fingerprint density at radius 1 is 1.12 bits per heavy atom. The third kappa shape index (κ3) is 3.92. The Balaban J connectivity index is 1.77. The van der Waals surface area contributed by atoms with Crippen LogP contribution >= 0.6 is 0 Å². The van der Waals surface area contributed by atoms with E-state index in [0.717, 1.165) is 18.1 Å². The van der Waals surface area contributed by atoms with Crippen LogP contribution in [0.4, 0.5) is 15.8 Å². The maximum Gasteiger partial charge on any atom is 0.255 e. The van der Waals surface area contributed by atoms with Gasteiger partial charge in [0, 0.05) is 11.3 Å². The van der Waals surface area contributed by atoms with E-state index in [1.807, 2.05) is 6.07 Å². The lowest BCUT2D eigenvalue weighted by atomic mass is 10.00. The second-order valence-corrected chi connectivity index (χ2v) is 5.63. The zero-order chi connectivity index (χ0) is 17.8. The molecule has 0 saturated carbocycles. The second-order valence-electron chi connectivity index (χ2n) is 5.63. The fourth-order valence-electron chi connectivity index (χ4n) is 2.60. The van der Waals surface area contributed by atoms with Gasteiger partial charge in [-0.15, -0.1) is 0 Å². The van der Waals surface area contributed by atoms with E-state index in [1.165, 1.54) is 23.8 Å². The summed E-state index contributed by atoms with van der Waals surface area (Å²) in [7, 11) is 0. The van der Waals surface area contributed by atoms with Crippen molar-refractivity contribution in [2.75, 3.05) is 17.2 Å². The molecule has 0 aliphatic carbocycles. The Morgan fingerprint density at radius 3 is 2.76 bits per heavy atom. The summed E-state index contributed by atoms with van der Waals surface area (Å²) in [6.45, 7) is 4.50. The van der Waals surface area contributed by atoms with E-state index in [4.69, 9.17) is 4.74 Å². The summed E-state index contributed by atoms with van der Waals surface area (Å²) in [5.41, 5.74) is 3.02. The molecule has 0 radical (unpaired) electrons. The molecule has 2 amide bonds. The predicted octanol–water partition coefficient (Wildman–Crippen LogP) is 3.28. The third-order valence-corrected chi connectivity index (χ3v) is 3.91. The van der Waals surface area contributed by atoms with Gasteiger partial charge in [-0.1, -0.05) is 12.6 Å². The van der Waals surface area contributed by atoms with Crippen molar-refractivity contribution in [1.29, 1.82) is 0 Å². The summed E-state index contributed by atoms with van der Waals surface area (Å²) in [5, 5.41) is 5.05. The van der Waals surface area contributed by atoms with Crippen molar-refractivity contribution < 1.29 is 18.7 Å². The topological polar surface area (TPSA) is 67.4 Å². The highest BCUT2D eigenvalue weighted by molar-refractivity contribution is 6.05. The number of nitrogens with one attached hydrogen (secondary N) is 2. The Morgan fingerprint density at radius 2 is 1.96 bits per heavy atom. The zero-order valence-corrected chi connectivity index (χ0v) is 13.5. The maximum absolute atomic E-state index is 13.7. The first kappa shape index (κ1) is 16.9. The number of hydrogen-bond acceptors (Lipinski definition) is 3. The highest BCUT2D eigenvalue weighted by atomic mass is 19.1. The SMILES string of the molecule is C=CC(=O)Nc1cc(NC(=O)c2ccc3c(c2)COCC3)ccc1F. The van der Waals surface area contributed by atoms with Crippen molar-refractivity contribution in [3.05, 3.63) is 71.6 Å². The molecule has 25 heavy (non-hydrogen) atoms. The first-order chi connectivity index (χ1) is 12.1. The van der Waals surface area contributed by atoms with Crippen LogP contribution in [0.1, 0.15) is 21.5 Å². The van der Waals surface area contributed by atoms with Gasteiger partial charge in [-0.25, -0.2) is 4.39 Å². The van der Waals surface area contributed by atoms with Gasteiger partial charge in [-0.05, 0) is 54.0 Å². The molecule has 0 atom stereocenters. The van der Waals surface area contributed by atoms with Gasteiger partial charge >= 0.3 is 0 Å². The molecule has 0 saturated heterocycles. The molecule has 6 heteroatoms. The Labute approximate surface area is 144 Å². The summed E-state index contributed by atoms with van der Waals surface area (Å²) >= 11 is 0. The summed E-state index contributed by atoms with van der Waals surface area (Å²) in [4.78, 5) is 23.8. The molecular formula is C19H17FN2O3. The van der Waals surface area contributed by atoms with Crippen molar-refractivity contribution >= 4 is 23.2 Å². The van der Waals surface area contributed by atoms with Crippen molar-refractivity contribution in [3.63, 3.8) is 0 Å². The van der Waals surface area contributed by atoms with E-state index in [1.54, 1.807) is 12.1 Å². The van der Waals surface area contributed by atoms with Crippen molar-refractivity contribution in [3.8, 4) is 0 Å². The molecule has 1 aliphatic heterocycles. The van der Waals surface area contributed by atoms with Crippen LogP contribution in [-0.2, 0) is 22.6 Å². The van der Waals surface area contributed by atoms with Crippen molar-refractivity contribution in [2.24, 2.45) is 0 Å². The summed E-state index contributed by atoms with van der Waals surface area (Å²) in [5.74, 6) is -1.45. The molecule has 2 N–H and O–H groups in total. The third-order valence-electron chi connectivity index (χ3n) is 3.91. The predicted molar refractivity (Wildman–Crippen MR) is 93.0 cm³/mol. The first-order valence-corrected chi connectivity index (χ1v) is 7.80. The van der Waals surface area contributed by atoms with E-state index in [2.05, 4.69) is 17.2 Å². The van der Waals surface area contributed by atoms with Crippen LogP contribution in [0, 0.1) is 5.82 Å². The number of benzene rings is 2. The quantitative estimate of drug-likeness (QED) is 0.840. The normalized spacial score (nSPS) is 12.8. The zero-order valence-electron chi connectivity index (χ0n) is 13.5. The molecule has 1 aliphatic rings. The number of anilines is 2. The van der Waals surface area contributed by atoms with Crippen molar-refractivity contribution in [2.45, 2.75) is 13.0 Å². The van der Waals surface area contributed by atoms with Gasteiger partial charge < -0.3 is 15.4 Å². The van der Waals surface area contributed by atoms with E-state index in [0.29, 0.717) is 24.5 Å². The van der Waals surface area contributed by atoms with E-state index in [-0.39, 0.29) is 11.6 Å². The second kappa shape index (κ2) is 7.27. The van der Waals surface area contributed by atoms with E-state index < -0.39 is 11.7 Å². The van der Waals surface area contributed by atoms with Crippen molar-refractivity contribution in [1.82, 2.24) is 0 Å². The highest BCUT2D eigenvalue weighted by Crippen LogP contribution is 2.22.